The van der Waals surface area contributed by atoms with Crippen LogP contribution in [0, 0.1) is 5.92 Å². The van der Waals surface area contributed by atoms with E-state index in [2.05, 4.69) is 17.3 Å². The Hall–Kier alpha value is -1.55. The largest absolute Gasteiger partial charge is 0.507 e. The molecule has 4 heteroatoms. The highest BCUT2D eigenvalue weighted by molar-refractivity contribution is 5.96. The first-order valence-corrected chi connectivity index (χ1v) is 5.91. The van der Waals surface area contributed by atoms with Crippen molar-refractivity contribution in [3.8, 4) is 5.75 Å². The molecule has 1 amide bonds. The number of nitrogens with zero attached hydrogens (tertiary/aromatic N) is 1. The molecular weight excluding hydrogens is 216 g/mol. The predicted molar refractivity (Wildman–Crippen MR) is 66.0 cm³/mol. The Labute approximate surface area is 101 Å². The van der Waals surface area contributed by atoms with E-state index < -0.39 is 0 Å². The zero-order valence-electron chi connectivity index (χ0n) is 10.0. The second-order valence-electron chi connectivity index (χ2n) is 4.64. The maximum atomic E-state index is 11.8. The van der Waals surface area contributed by atoms with E-state index in [1.54, 1.807) is 18.2 Å². The topological polar surface area (TPSA) is 52.6 Å². The fraction of sp³-hybridized carbons (Fsp3) is 0.462. The third-order valence-corrected chi connectivity index (χ3v) is 3.19. The first-order chi connectivity index (χ1) is 8.16. The summed E-state index contributed by atoms with van der Waals surface area (Å²) >= 11 is 0. The number of rotatable bonds is 3. The molecule has 0 aromatic heterocycles. The lowest BCUT2D eigenvalue weighted by atomic mass is 10.1. The van der Waals surface area contributed by atoms with Gasteiger partial charge in [-0.2, -0.15) is 0 Å². The van der Waals surface area contributed by atoms with Gasteiger partial charge in [0, 0.05) is 13.1 Å². The SMILES string of the molecule is CN1CCC(CNC(=O)c2ccccc2O)C1. The van der Waals surface area contributed by atoms with Gasteiger partial charge in [0.05, 0.1) is 5.56 Å². The fourth-order valence-electron chi connectivity index (χ4n) is 2.19. The van der Waals surface area contributed by atoms with Gasteiger partial charge in [0.2, 0.25) is 0 Å². The number of carbonyl (C=O) groups is 1. The van der Waals surface area contributed by atoms with Gasteiger partial charge in [-0.25, -0.2) is 0 Å². The molecule has 0 saturated carbocycles. The highest BCUT2D eigenvalue weighted by Crippen LogP contribution is 2.16. The van der Waals surface area contributed by atoms with Crippen molar-refractivity contribution >= 4 is 5.91 Å². The molecule has 1 unspecified atom stereocenters. The first-order valence-electron chi connectivity index (χ1n) is 5.91. The summed E-state index contributed by atoms with van der Waals surface area (Å²) in [5.41, 5.74) is 0.346. The smallest absolute Gasteiger partial charge is 0.255 e. The number of hydrogen-bond acceptors (Lipinski definition) is 3. The van der Waals surface area contributed by atoms with Gasteiger partial charge in [-0.15, -0.1) is 0 Å². The molecule has 1 aliphatic heterocycles. The maximum absolute atomic E-state index is 11.8. The number of phenolic OH excluding ortho intramolecular Hbond substituents is 1. The molecule has 0 bridgehead atoms. The monoisotopic (exact) mass is 234 g/mol. The number of benzene rings is 1. The molecular formula is C13H18N2O2. The minimum Gasteiger partial charge on any atom is -0.507 e. The second kappa shape index (κ2) is 5.19. The van der Waals surface area contributed by atoms with Crippen LogP contribution in [0.1, 0.15) is 16.8 Å². The van der Waals surface area contributed by atoms with Crippen LogP contribution in [0.3, 0.4) is 0 Å². The van der Waals surface area contributed by atoms with Crippen molar-refractivity contribution in [2.75, 3.05) is 26.7 Å². The number of aromatic hydroxyl groups is 1. The summed E-state index contributed by atoms with van der Waals surface area (Å²) in [5.74, 6) is 0.362. The van der Waals surface area contributed by atoms with Gasteiger partial charge in [0.25, 0.3) is 5.91 Å². The van der Waals surface area contributed by atoms with Gasteiger partial charge < -0.3 is 15.3 Å². The van der Waals surface area contributed by atoms with Crippen LogP contribution >= 0.6 is 0 Å². The summed E-state index contributed by atoms with van der Waals surface area (Å²) in [5, 5.41) is 12.4. The standard InChI is InChI=1S/C13H18N2O2/c1-15-7-6-10(9-15)8-14-13(17)11-4-2-3-5-12(11)16/h2-5,10,16H,6-9H2,1H3,(H,14,17). The number of hydrogen-bond donors (Lipinski definition) is 2. The quantitative estimate of drug-likeness (QED) is 0.822. The number of amides is 1. The molecule has 1 aliphatic rings. The van der Waals surface area contributed by atoms with Crippen molar-refractivity contribution in [1.29, 1.82) is 0 Å². The van der Waals surface area contributed by atoms with E-state index in [-0.39, 0.29) is 11.7 Å². The van der Waals surface area contributed by atoms with E-state index in [0.29, 0.717) is 18.0 Å². The van der Waals surface area contributed by atoms with Crippen LogP contribution in [-0.2, 0) is 0 Å². The van der Waals surface area contributed by atoms with E-state index in [1.807, 2.05) is 0 Å². The molecule has 1 atom stereocenters. The normalized spacial score (nSPS) is 20.4. The van der Waals surface area contributed by atoms with Crippen molar-refractivity contribution in [3.05, 3.63) is 29.8 Å². The zero-order valence-corrected chi connectivity index (χ0v) is 10.0. The predicted octanol–water partition coefficient (Wildman–Crippen LogP) is 1.07. The number of para-hydroxylation sites is 1. The van der Waals surface area contributed by atoms with Gasteiger partial charge >= 0.3 is 0 Å². The first kappa shape index (κ1) is 11.9. The van der Waals surface area contributed by atoms with Crippen LogP contribution in [0.5, 0.6) is 5.75 Å². The van der Waals surface area contributed by atoms with Crippen molar-refractivity contribution in [2.45, 2.75) is 6.42 Å². The molecule has 17 heavy (non-hydrogen) atoms. The van der Waals surface area contributed by atoms with Crippen LogP contribution in [0.4, 0.5) is 0 Å². The fourth-order valence-corrected chi connectivity index (χ4v) is 2.19. The number of nitrogens with one attached hydrogen (secondary N) is 1. The maximum Gasteiger partial charge on any atom is 0.255 e. The Bertz CT molecular complexity index is 406. The average Bonchev–Trinajstić information content (AvgIpc) is 2.73. The highest BCUT2D eigenvalue weighted by Gasteiger charge is 2.20. The van der Waals surface area contributed by atoms with Crippen LogP contribution in [0.2, 0.25) is 0 Å². The molecule has 2 rings (SSSR count). The van der Waals surface area contributed by atoms with Gasteiger partial charge in [-0.05, 0) is 38.1 Å². The molecule has 1 saturated heterocycles. The van der Waals surface area contributed by atoms with Gasteiger partial charge in [0.15, 0.2) is 0 Å². The minimum atomic E-state index is -0.197. The molecule has 0 aliphatic carbocycles. The number of phenols is 1. The molecule has 4 nitrogen and oxygen atoms in total. The Morgan fingerprint density at radius 1 is 1.53 bits per heavy atom. The number of carbonyl (C=O) groups excluding carboxylic acids is 1. The Balaban J connectivity index is 1.88. The van der Waals surface area contributed by atoms with E-state index in [4.69, 9.17) is 0 Å². The van der Waals surface area contributed by atoms with E-state index in [0.717, 1.165) is 19.5 Å². The molecule has 1 heterocycles. The lowest BCUT2D eigenvalue weighted by Gasteiger charge is -2.12. The van der Waals surface area contributed by atoms with Crippen LogP contribution in [0.15, 0.2) is 24.3 Å². The lowest BCUT2D eigenvalue weighted by molar-refractivity contribution is 0.0945. The molecule has 1 fully saturated rings. The summed E-state index contributed by atoms with van der Waals surface area (Å²) in [4.78, 5) is 14.1. The molecule has 0 radical (unpaired) electrons. The summed E-state index contributed by atoms with van der Waals surface area (Å²) in [7, 11) is 2.09. The Kier molecular flexibility index (Phi) is 3.64. The third-order valence-electron chi connectivity index (χ3n) is 3.19. The van der Waals surface area contributed by atoms with E-state index >= 15 is 0 Å². The van der Waals surface area contributed by atoms with Gasteiger partial charge in [0.1, 0.15) is 5.75 Å². The summed E-state index contributed by atoms with van der Waals surface area (Å²) < 4.78 is 0. The molecule has 2 N–H and O–H groups in total. The van der Waals surface area contributed by atoms with Crippen LogP contribution in [0.25, 0.3) is 0 Å². The average molecular weight is 234 g/mol. The lowest BCUT2D eigenvalue weighted by Crippen LogP contribution is -2.30. The van der Waals surface area contributed by atoms with Crippen LogP contribution in [-0.4, -0.2) is 42.6 Å². The summed E-state index contributed by atoms with van der Waals surface area (Å²) in [6.45, 7) is 2.80. The molecule has 92 valence electrons. The second-order valence-corrected chi connectivity index (χ2v) is 4.64. The van der Waals surface area contributed by atoms with Crippen molar-refractivity contribution < 1.29 is 9.90 Å². The van der Waals surface area contributed by atoms with Crippen molar-refractivity contribution in [2.24, 2.45) is 5.92 Å². The van der Waals surface area contributed by atoms with Gasteiger partial charge in [-0.3, -0.25) is 4.79 Å². The van der Waals surface area contributed by atoms with Crippen molar-refractivity contribution in [3.63, 3.8) is 0 Å². The third kappa shape index (κ3) is 2.97. The molecule has 1 aromatic rings. The Morgan fingerprint density at radius 3 is 2.94 bits per heavy atom. The number of likely N-dealkylation sites (tertiary alicyclic amines) is 1. The Morgan fingerprint density at radius 2 is 2.29 bits per heavy atom. The molecule has 0 spiro atoms. The zero-order chi connectivity index (χ0) is 12.3. The minimum absolute atomic E-state index is 0.0357. The van der Waals surface area contributed by atoms with E-state index in [9.17, 15) is 9.90 Å². The highest BCUT2D eigenvalue weighted by atomic mass is 16.3. The van der Waals surface area contributed by atoms with Gasteiger partial charge in [-0.1, -0.05) is 12.1 Å². The van der Waals surface area contributed by atoms with Crippen molar-refractivity contribution in [1.82, 2.24) is 10.2 Å². The van der Waals surface area contributed by atoms with E-state index in [1.165, 1.54) is 6.07 Å². The molecule has 1 aromatic carbocycles. The van der Waals surface area contributed by atoms with Crippen LogP contribution < -0.4 is 5.32 Å². The summed E-state index contributed by atoms with van der Waals surface area (Å²) in [6.07, 6.45) is 1.12. The summed E-state index contributed by atoms with van der Waals surface area (Å²) in [6, 6.07) is 6.61.